The molecule has 2 amide bonds. The van der Waals surface area contributed by atoms with Crippen molar-refractivity contribution in [3.8, 4) is 22.9 Å². The minimum Gasteiger partial charge on any atom is -0.322 e. The standard InChI is InChI=1S/C16H18N4OS/c1-6-16(3,4)19-15(21)20(5)14-11(2)18-13(22-14)12-8-7-9-17-10-12/h1,7-10H,2-5H3,(H,19,21). The van der Waals surface area contributed by atoms with Crippen LogP contribution in [0.5, 0.6) is 0 Å². The molecule has 2 heterocycles. The highest BCUT2D eigenvalue weighted by Crippen LogP contribution is 2.33. The summed E-state index contributed by atoms with van der Waals surface area (Å²) in [7, 11) is 1.70. The Morgan fingerprint density at radius 2 is 2.23 bits per heavy atom. The third-order valence-corrected chi connectivity index (χ3v) is 4.35. The van der Waals surface area contributed by atoms with Gasteiger partial charge in [0.1, 0.15) is 10.0 Å². The minimum absolute atomic E-state index is 0.257. The number of urea groups is 1. The average Bonchev–Trinajstić information content (AvgIpc) is 2.89. The van der Waals surface area contributed by atoms with E-state index >= 15 is 0 Å². The maximum Gasteiger partial charge on any atom is 0.323 e. The predicted molar refractivity (Wildman–Crippen MR) is 89.9 cm³/mol. The smallest absolute Gasteiger partial charge is 0.322 e. The van der Waals surface area contributed by atoms with Crippen LogP contribution in [0.2, 0.25) is 0 Å². The zero-order valence-electron chi connectivity index (χ0n) is 13.0. The van der Waals surface area contributed by atoms with Gasteiger partial charge in [0.25, 0.3) is 0 Å². The number of carbonyl (C=O) groups is 1. The summed E-state index contributed by atoms with van der Waals surface area (Å²) in [5, 5.41) is 4.41. The van der Waals surface area contributed by atoms with Crippen LogP contribution >= 0.6 is 11.3 Å². The van der Waals surface area contributed by atoms with E-state index in [1.807, 2.05) is 19.1 Å². The van der Waals surface area contributed by atoms with Crippen molar-refractivity contribution in [2.45, 2.75) is 26.3 Å². The highest BCUT2D eigenvalue weighted by molar-refractivity contribution is 7.19. The number of thiazole rings is 1. The van der Waals surface area contributed by atoms with Gasteiger partial charge in [-0.3, -0.25) is 9.88 Å². The molecule has 6 heteroatoms. The first kappa shape index (κ1) is 16.0. The van der Waals surface area contributed by atoms with E-state index in [9.17, 15) is 4.79 Å². The van der Waals surface area contributed by atoms with Gasteiger partial charge < -0.3 is 5.32 Å². The number of carbonyl (C=O) groups excluding carboxylic acids is 1. The molecule has 0 unspecified atom stereocenters. The second kappa shape index (κ2) is 6.16. The fourth-order valence-electron chi connectivity index (χ4n) is 1.79. The molecule has 0 spiro atoms. The Balaban J connectivity index is 2.25. The van der Waals surface area contributed by atoms with Crippen molar-refractivity contribution in [1.82, 2.24) is 15.3 Å². The number of nitrogens with zero attached hydrogens (tertiary/aromatic N) is 3. The molecule has 0 saturated carbocycles. The quantitative estimate of drug-likeness (QED) is 0.886. The SMILES string of the molecule is C#CC(C)(C)NC(=O)N(C)c1sc(-c2cccnc2)nc1C. The molecule has 22 heavy (non-hydrogen) atoms. The molecule has 114 valence electrons. The van der Waals surface area contributed by atoms with E-state index in [0.717, 1.165) is 21.3 Å². The number of hydrogen-bond donors (Lipinski definition) is 1. The second-order valence-electron chi connectivity index (χ2n) is 5.41. The van der Waals surface area contributed by atoms with Gasteiger partial charge in [-0.25, -0.2) is 9.78 Å². The summed E-state index contributed by atoms with van der Waals surface area (Å²) in [5.41, 5.74) is 1.02. The molecule has 0 fully saturated rings. The van der Waals surface area contributed by atoms with Crippen LogP contribution in [0, 0.1) is 19.3 Å². The van der Waals surface area contributed by atoms with Crippen molar-refractivity contribution in [3.63, 3.8) is 0 Å². The highest BCUT2D eigenvalue weighted by atomic mass is 32.1. The molecule has 0 aromatic carbocycles. The van der Waals surface area contributed by atoms with Crippen LogP contribution in [0.1, 0.15) is 19.5 Å². The van der Waals surface area contributed by atoms with E-state index in [4.69, 9.17) is 6.42 Å². The Morgan fingerprint density at radius 3 is 2.82 bits per heavy atom. The molecule has 0 bridgehead atoms. The van der Waals surface area contributed by atoms with E-state index in [0.29, 0.717) is 0 Å². The molecule has 2 aromatic heterocycles. The van der Waals surface area contributed by atoms with Crippen LogP contribution in [0.15, 0.2) is 24.5 Å². The molecule has 5 nitrogen and oxygen atoms in total. The van der Waals surface area contributed by atoms with E-state index in [2.05, 4.69) is 21.2 Å². The molecule has 2 aromatic rings. The second-order valence-corrected chi connectivity index (χ2v) is 6.39. The lowest BCUT2D eigenvalue weighted by atomic mass is 10.1. The Hall–Kier alpha value is -2.39. The van der Waals surface area contributed by atoms with Crippen LogP contribution in [0.25, 0.3) is 10.6 Å². The normalized spacial score (nSPS) is 10.9. The van der Waals surface area contributed by atoms with Crippen LogP contribution in [-0.2, 0) is 0 Å². The zero-order valence-corrected chi connectivity index (χ0v) is 13.9. The number of aryl methyl sites for hydroxylation is 1. The predicted octanol–water partition coefficient (Wildman–Crippen LogP) is 3.07. The van der Waals surface area contributed by atoms with Crippen molar-refractivity contribution < 1.29 is 4.79 Å². The van der Waals surface area contributed by atoms with Gasteiger partial charge in [0.2, 0.25) is 0 Å². The number of pyridine rings is 1. The molecule has 0 aliphatic rings. The number of terminal acetylenes is 1. The Kier molecular flexibility index (Phi) is 4.48. The summed E-state index contributed by atoms with van der Waals surface area (Å²) in [6.45, 7) is 5.43. The highest BCUT2D eigenvalue weighted by Gasteiger charge is 2.23. The van der Waals surface area contributed by atoms with Crippen molar-refractivity contribution in [3.05, 3.63) is 30.2 Å². The third kappa shape index (κ3) is 3.43. The summed E-state index contributed by atoms with van der Waals surface area (Å²) in [6.07, 6.45) is 8.87. The van der Waals surface area contributed by atoms with Crippen LogP contribution < -0.4 is 10.2 Å². The lowest BCUT2D eigenvalue weighted by Crippen LogP contribution is -2.48. The Labute approximate surface area is 134 Å². The van der Waals surface area contributed by atoms with Gasteiger partial charge in [-0.05, 0) is 32.9 Å². The number of rotatable bonds is 3. The van der Waals surface area contributed by atoms with E-state index in [-0.39, 0.29) is 6.03 Å². The first-order chi connectivity index (χ1) is 10.3. The maximum absolute atomic E-state index is 12.3. The Morgan fingerprint density at radius 1 is 1.50 bits per heavy atom. The van der Waals surface area contributed by atoms with Crippen LogP contribution in [-0.4, -0.2) is 28.6 Å². The third-order valence-electron chi connectivity index (χ3n) is 3.07. The van der Waals surface area contributed by atoms with Crippen LogP contribution in [0.4, 0.5) is 9.80 Å². The summed E-state index contributed by atoms with van der Waals surface area (Å²) in [4.78, 5) is 22.4. The largest absolute Gasteiger partial charge is 0.323 e. The number of amides is 2. The van der Waals surface area contributed by atoms with Crippen molar-refractivity contribution in [2.75, 3.05) is 11.9 Å². The molecule has 0 aliphatic heterocycles. The molecule has 0 aliphatic carbocycles. The van der Waals surface area contributed by atoms with Gasteiger partial charge in [0.15, 0.2) is 0 Å². The fourth-order valence-corrected chi connectivity index (χ4v) is 2.81. The summed E-state index contributed by atoms with van der Waals surface area (Å²) < 4.78 is 0. The monoisotopic (exact) mass is 314 g/mol. The molecule has 2 rings (SSSR count). The van der Waals surface area contributed by atoms with Gasteiger partial charge in [-0.15, -0.1) is 6.42 Å². The van der Waals surface area contributed by atoms with Gasteiger partial charge in [0.05, 0.1) is 11.2 Å². The van der Waals surface area contributed by atoms with Gasteiger partial charge >= 0.3 is 6.03 Å². The molecule has 0 saturated heterocycles. The van der Waals surface area contributed by atoms with Gasteiger partial charge in [0, 0.05) is 25.0 Å². The van der Waals surface area contributed by atoms with Gasteiger partial charge in [-0.2, -0.15) is 0 Å². The summed E-state index contributed by atoms with van der Waals surface area (Å²) >= 11 is 1.44. The number of aromatic nitrogens is 2. The number of nitrogens with one attached hydrogen (secondary N) is 1. The lowest BCUT2D eigenvalue weighted by molar-refractivity contribution is 0.242. The number of hydrogen-bond acceptors (Lipinski definition) is 4. The van der Waals surface area contributed by atoms with Crippen molar-refractivity contribution in [2.24, 2.45) is 0 Å². The lowest BCUT2D eigenvalue weighted by Gasteiger charge is -2.24. The zero-order chi connectivity index (χ0) is 16.3. The molecule has 0 atom stereocenters. The van der Waals surface area contributed by atoms with Crippen molar-refractivity contribution in [1.29, 1.82) is 0 Å². The molecule has 0 radical (unpaired) electrons. The summed E-state index contributed by atoms with van der Waals surface area (Å²) in [5.74, 6) is 2.55. The van der Waals surface area contributed by atoms with Crippen molar-refractivity contribution >= 4 is 22.4 Å². The maximum atomic E-state index is 12.3. The first-order valence-corrected chi connectivity index (χ1v) is 7.57. The minimum atomic E-state index is -0.698. The Bertz CT molecular complexity index is 715. The van der Waals surface area contributed by atoms with E-state index in [1.165, 1.54) is 16.2 Å². The fraction of sp³-hybridized carbons (Fsp3) is 0.312. The molecular formula is C16H18N4OS. The topological polar surface area (TPSA) is 58.1 Å². The van der Waals surface area contributed by atoms with E-state index in [1.54, 1.807) is 33.3 Å². The average molecular weight is 314 g/mol. The number of anilines is 1. The molecule has 1 N–H and O–H groups in total. The first-order valence-electron chi connectivity index (χ1n) is 6.75. The molecular weight excluding hydrogens is 296 g/mol. The van der Waals surface area contributed by atoms with Gasteiger partial charge in [-0.1, -0.05) is 17.3 Å². The van der Waals surface area contributed by atoms with E-state index < -0.39 is 5.54 Å². The summed E-state index contributed by atoms with van der Waals surface area (Å²) in [6, 6.07) is 3.54. The van der Waals surface area contributed by atoms with Crippen LogP contribution in [0.3, 0.4) is 0 Å².